The number of amides is 1. The predicted molar refractivity (Wildman–Crippen MR) is 68.4 cm³/mol. The maximum Gasteiger partial charge on any atom is 0.331 e. The molecule has 1 atom stereocenters. The van der Waals surface area contributed by atoms with Gasteiger partial charge in [-0.05, 0) is 19.3 Å². The van der Waals surface area contributed by atoms with Crippen LogP contribution in [0.2, 0.25) is 0 Å². The second kappa shape index (κ2) is 4.90. The van der Waals surface area contributed by atoms with Crippen LogP contribution in [0.5, 0.6) is 0 Å². The van der Waals surface area contributed by atoms with E-state index in [1.54, 1.807) is 0 Å². The number of carbonyl (C=O) groups is 2. The van der Waals surface area contributed by atoms with E-state index in [-0.39, 0.29) is 18.9 Å². The zero-order chi connectivity index (χ0) is 14.2. The molecule has 0 bridgehead atoms. The number of carbonyl (C=O) groups excluding carboxylic acids is 1. The standard InChI is InChI=1S/C13H17N3O4/c17-11(15-13(12(18)19)4-6-20-8-13)9-7-14-16-5-2-1-3-10(9)16/h7H,1-6,8H2,(H,15,17)(H,18,19). The molecule has 1 aromatic rings. The Balaban J connectivity index is 1.82. The summed E-state index contributed by atoms with van der Waals surface area (Å²) in [5.74, 6) is -1.43. The molecule has 108 valence electrons. The molecule has 3 heterocycles. The zero-order valence-corrected chi connectivity index (χ0v) is 11.1. The monoisotopic (exact) mass is 279 g/mol. The van der Waals surface area contributed by atoms with Crippen molar-refractivity contribution in [2.45, 2.75) is 37.8 Å². The number of nitrogens with zero attached hydrogens (tertiary/aromatic N) is 2. The molecule has 1 unspecified atom stereocenters. The quantitative estimate of drug-likeness (QED) is 0.824. The van der Waals surface area contributed by atoms with Crippen molar-refractivity contribution < 1.29 is 19.4 Å². The highest BCUT2D eigenvalue weighted by Crippen LogP contribution is 2.22. The summed E-state index contributed by atoms with van der Waals surface area (Å²) < 4.78 is 6.97. The van der Waals surface area contributed by atoms with Crippen molar-refractivity contribution in [2.75, 3.05) is 13.2 Å². The van der Waals surface area contributed by atoms with Crippen LogP contribution in [0.3, 0.4) is 0 Å². The fourth-order valence-corrected chi connectivity index (χ4v) is 2.78. The summed E-state index contributed by atoms with van der Waals surface area (Å²) in [6.07, 6.45) is 4.71. The molecule has 7 heteroatoms. The Morgan fingerprint density at radius 2 is 2.30 bits per heavy atom. The molecular weight excluding hydrogens is 262 g/mol. The molecule has 1 amide bonds. The Bertz CT molecular complexity index is 546. The summed E-state index contributed by atoms with van der Waals surface area (Å²) >= 11 is 0. The minimum atomic E-state index is -1.30. The smallest absolute Gasteiger partial charge is 0.331 e. The number of rotatable bonds is 3. The lowest BCUT2D eigenvalue weighted by Gasteiger charge is -2.24. The van der Waals surface area contributed by atoms with Crippen LogP contribution in [0.25, 0.3) is 0 Å². The van der Waals surface area contributed by atoms with Crippen molar-refractivity contribution in [1.82, 2.24) is 15.1 Å². The third kappa shape index (κ3) is 2.07. The summed E-state index contributed by atoms with van der Waals surface area (Å²) in [5, 5.41) is 16.2. The first-order valence-electron chi connectivity index (χ1n) is 6.81. The van der Waals surface area contributed by atoms with Gasteiger partial charge in [-0.3, -0.25) is 9.48 Å². The summed E-state index contributed by atoms with van der Waals surface area (Å²) in [5.41, 5.74) is 0.0750. The van der Waals surface area contributed by atoms with Crippen molar-refractivity contribution in [2.24, 2.45) is 0 Å². The molecule has 1 aromatic heterocycles. The van der Waals surface area contributed by atoms with Gasteiger partial charge in [-0.25, -0.2) is 4.79 Å². The molecule has 0 aliphatic carbocycles. The number of ether oxygens (including phenoxy) is 1. The molecule has 2 aliphatic heterocycles. The Labute approximate surface area is 115 Å². The highest BCUT2D eigenvalue weighted by Gasteiger charge is 2.44. The predicted octanol–water partition coefficient (Wildman–Crippen LogP) is 0.193. The number of nitrogens with one attached hydrogen (secondary N) is 1. The number of hydrogen-bond acceptors (Lipinski definition) is 4. The van der Waals surface area contributed by atoms with Gasteiger partial charge in [0, 0.05) is 19.6 Å². The Hall–Kier alpha value is -1.89. The van der Waals surface area contributed by atoms with Crippen molar-refractivity contribution in [3.63, 3.8) is 0 Å². The van der Waals surface area contributed by atoms with E-state index in [1.807, 2.05) is 4.68 Å². The highest BCUT2D eigenvalue weighted by molar-refractivity contribution is 5.98. The minimum Gasteiger partial charge on any atom is -0.479 e. The number of aromatic nitrogens is 2. The van der Waals surface area contributed by atoms with Crippen molar-refractivity contribution >= 4 is 11.9 Å². The van der Waals surface area contributed by atoms with Crippen LogP contribution in [-0.4, -0.2) is 45.5 Å². The zero-order valence-electron chi connectivity index (χ0n) is 11.1. The number of carboxylic acid groups (broad SMARTS) is 1. The van der Waals surface area contributed by atoms with E-state index < -0.39 is 11.5 Å². The van der Waals surface area contributed by atoms with Gasteiger partial charge in [-0.1, -0.05) is 0 Å². The minimum absolute atomic E-state index is 0.0115. The topological polar surface area (TPSA) is 93.5 Å². The Kier molecular flexibility index (Phi) is 3.21. The van der Waals surface area contributed by atoms with E-state index in [1.165, 1.54) is 6.20 Å². The molecule has 1 fully saturated rings. The molecule has 20 heavy (non-hydrogen) atoms. The average molecular weight is 279 g/mol. The van der Waals surface area contributed by atoms with Gasteiger partial charge in [-0.2, -0.15) is 5.10 Å². The van der Waals surface area contributed by atoms with Gasteiger partial charge in [0.2, 0.25) is 0 Å². The number of hydrogen-bond donors (Lipinski definition) is 2. The maximum atomic E-state index is 12.4. The van der Waals surface area contributed by atoms with E-state index in [2.05, 4.69) is 10.4 Å². The molecule has 2 aliphatic rings. The fourth-order valence-electron chi connectivity index (χ4n) is 2.78. The second-order valence-corrected chi connectivity index (χ2v) is 5.33. The first-order chi connectivity index (χ1) is 9.62. The van der Waals surface area contributed by atoms with Crippen molar-refractivity contribution in [1.29, 1.82) is 0 Å². The summed E-state index contributed by atoms with van der Waals surface area (Å²) in [6.45, 7) is 1.17. The lowest BCUT2D eigenvalue weighted by Crippen LogP contribution is -2.55. The molecular formula is C13H17N3O4. The summed E-state index contributed by atoms with van der Waals surface area (Å²) in [7, 11) is 0. The molecule has 0 spiro atoms. The van der Waals surface area contributed by atoms with Crippen LogP contribution in [0, 0.1) is 0 Å². The van der Waals surface area contributed by atoms with Crippen molar-refractivity contribution in [3.05, 3.63) is 17.5 Å². The third-order valence-electron chi connectivity index (χ3n) is 4.01. The number of aliphatic carboxylic acids is 1. The summed E-state index contributed by atoms with van der Waals surface area (Å²) in [6, 6.07) is 0. The third-order valence-corrected chi connectivity index (χ3v) is 4.01. The van der Waals surface area contributed by atoms with Gasteiger partial charge >= 0.3 is 5.97 Å². The fraction of sp³-hybridized carbons (Fsp3) is 0.615. The van der Waals surface area contributed by atoms with Crippen LogP contribution in [0.1, 0.15) is 35.3 Å². The van der Waals surface area contributed by atoms with Gasteiger partial charge in [0.15, 0.2) is 5.54 Å². The van der Waals surface area contributed by atoms with Gasteiger partial charge in [0.1, 0.15) is 0 Å². The summed E-state index contributed by atoms with van der Waals surface area (Å²) in [4.78, 5) is 23.8. The van der Waals surface area contributed by atoms with Crippen LogP contribution >= 0.6 is 0 Å². The highest BCUT2D eigenvalue weighted by atomic mass is 16.5. The first-order valence-corrected chi connectivity index (χ1v) is 6.81. The molecule has 3 rings (SSSR count). The Morgan fingerprint density at radius 1 is 1.45 bits per heavy atom. The maximum absolute atomic E-state index is 12.4. The van der Waals surface area contributed by atoms with Crippen LogP contribution < -0.4 is 5.32 Å². The van der Waals surface area contributed by atoms with E-state index in [0.29, 0.717) is 12.2 Å². The lowest BCUT2D eigenvalue weighted by atomic mass is 9.98. The normalized spacial score (nSPS) is 25.2. The van der Waals surface area contributed by atoms with Gasteiger partial charge in [0.05, 0.1) is 24.1 Å². The van der Waals surface area contributed by atoms with Gasteiger partial charge < -0.3 is 15.2 Å². The average Bonchev–Trinajstić information content (AvgIpc) is 3.05. The van der Waals surface area contributed by atoms with E-state index >= 15 is 0 Å². The van der Waals surface area contributed by atoms with Crippen molar-refractivity contribution in [3.8, 4) is 0 Å². The first kappa shape index (κ1) is 13.1. The van der Waals surface area contributed by atoms with Crippen LogP contribution in [0.15, 0.2) is 6.20 Å². The molecule has 7 nitrogen and oxygen atoms in total. The Morgan fingerprint density at radius 3 is 3.00 bits per heavy atom. The molecule has 1 saturated heterocycles. The van der Waals surface area contributed by atoms with Crippen LogP contribution in [-0.2, 0) is 22.5 Å². The molecule has 0 saturated carbocycles. The molecule has 2 N–H and O–H groups in total. The lowest BCUT2D eigenvalue weighted by molar-refractivity contribution is -0.144. The molecule has 0 radical (unpaired) electrons. The van der Waals surface area contributed by atoms with Gasteiger partial charge in [-0.15, -0.1) is 0 Å². The van der Waals surface area contributed by atoms with E-state index in [0.717, 1.165) is 31.5 Å². The second-order valence-electron chi connectivity index (χ2n) is 5.33. The van der Waals surface area contributed by atoms with E-state index in [4.69, 9.17) is 4.74 Å². The number of aryl methyl sites for hydroxylation is 1. The van der Waals surface area contributed by atoms with Crippen LogP contribution in [0.4, 0.5) is 0 Å². The number of fused-ring (bicyclic) bond motifs is 1. The SMILES string of the molecule is O=C(NC1(C(=O)O)CCOC1)c1cnn2c1CCCC2. The van der Waals surface area contributed by atoms with E-state index in [9.17, 15) is 14.7 Å². The number of carboxylic acids is 1. The van der Waals surface area contributed by atoms with Gasteiger partial charge in [0.25, 0.3) is 5.91 Å². The molecule has 0 aromatic carbocycles. The largest absolute Gasteiger partial charge is 0.479 e.